The van der Waals surface area contributed by atoms with E-state index in [1.54, 1.807) is 6.92 Å². The SMILES string of the molecule is C=C(C)C(=O)Nc1nc2ccccc2c2c1nc(CC)n2CCCCNS(C)(=O)=O. The smallest absolute Gasteiger partial charge is 0.251 e. The molecule has 0 bridgehead atoms. The maximum Gasteiger partial charge on any atom is 0.251 e. The average molecular weight is 430 g/mol. The van der Waals surface area contributed by atoms with E-state index in [1.807, 2.05) is 31.2 Å². The van der Waals surface area contributed by atoms with Gasteiger partial charge in [-0.15, -0.1) is 0 Å². The number of unbranched alkanes of at least 4 members (excludes halogenated alkanes) is 1. The number of rotatable bonds is 9. The van der Waals surface area contributed by atoms with E-state index in [0.29, 0.717) is 36.4 Å². The molecule has 3 rings (SSSR count). The Morgan fingerprint density at radius 3 is 2.60 bits per heavy atom. The maximum absolute atomic E-state index is 12.2. The lowest BCUT2D eigenvalue weighted by Crippen LogP contribution is -2.23. The number of fused-ring (bicyclic) bond motifs is 3. The van der Waals surface area contributed by atoms with Crippen molar-refractivity contribution >= 4 is 43.7 Å². The molecule has 1 aromatic carbocycles. The van der Waals surface area contributed by atoms with E-state index in [2.05, 4.69) is 26.2 Å². The molecule has 3 aromatic rings. The van der Waals surface area contributed by atoms with Crippen LogP contribution in [0.25, 0.3) is 21.9 Å². The summed E-state index contributed by atoms with van der Waals surface area (Å²) in [4.78, 5) is 21.6. The number of hydrogen-bond acceptors (Lipinski definition) is 5. The molecule has 0 spiro atoms. The average Bonchev–Trinajstić information content (AvgIpc) is 3.06. The van der Waals surface area contributed by atoms with Crippen molar-refractivity contribution in [2.24, 2.45) is 0 Å². The van der Waals surface area contributed by atoms with Crippen LogP contribution in [-0.2, 0) is 27.8 Å². The van der Waals surface area contributed by atoms with Crippen molar-refractivity contribution in [1.29, 1.82) is 0 Å². The summed E-state index contributed by atoms with van der Waals surface area (Å²) in [5, 5.41) is 3.79. The first-order valence-electron chi connectivity index (χ1n) is 9.90. The van der Waals surface area contributed by atoms with E-state index in [4.69, 9.17) is 4.98 Å². The Balaban J connectivity index is 2.02. The van der Waals surface area contributed by atoms with E-state index >= 15 is 0 Å². The van der Waals surface area contributed by atoms with Gasteiger partial charge in [-0.05, 0) is 25.8 Å². The number of anilines is 1. The van der Waals surface area contributed by atoms with E-state index in [9.17, 15) is 13.2 Å². The molecule has 8 nitrogen and oxygen atoms in total. The van der Waals surface area contributed by atoms with Crippen molar-refractivity contribution in [3.8, 4) is 0 Å². The second-order valence-electron chi connectivity index (χ2n) is 7.32. The highest BCUT2D eigenvalue weighted by atomic mass is 32.2. The van der Waals surface area contributed by atoms with Crippen molar-refractivity contribution in [3.63, 3.8) is 0 Å². The van der Waals surface area contributed by atoms with Gasteiger partial charge in [-0.2, -0.15) is 0 Å². The highest BCUT2D eigenvalue weighted by molar-refractivity contribution is 7.88. The molecule has 0 fully saturated rings. The number of imidazole rings is 1. The lowest BCUT2D eigenvalue weighted by Gasteiger charge is -2.11. The molecule has 2 N–H and O–H groups in total. The Bertz CT molecular complexity index is 1210. The van der Waals surface area contributed by atoms with Gasteiger partial charge in [0.25, 0.3) is 5.91 Å². The van der Waals surface area contributed by atoms with Crippen molar-refractivity contribution in [2.75, 3.05) is 18.1 Å². The van der Waals surface area contributed by atoms with Gasteiger partial charge in [-0.25, -0.2) is 23.1 Å². The van der Waals surface area contributed by atoms with Gasteiger partial charge in [0.05, 0.1) is 17.3 Å². The van der Waals surface area contributed by atoms with E-state index in [1.165, 1.54) is 0 Å². The lowest BCUT2D eigenvalue weighted by atomic mass is 10.1. The fraction of sp³-hybridized carbons (Fsp3) is 0.381. The quantitative estimate of drug-likeness (QED) is 0.402. The minimum Gasteiger partial charge on any atom is -0.327 e. The van der Waals surface area contributed by atoms with Gasteiger partial charge in [-0.1, -0.05) is 31.7 Å². The monoisotopic (exact) mass is 429 g/mol. The molecule has 0 aliphatic heterocycles. The van der Waals surface area contributed by atoms with Crippen LogP contribution in [0, 0.1) is 0 Å². The number of nitrogens with zero attached hydrogens (tertiary/aromatic N) is 3. The minimum atomic E-state index is -3.18. The first-order valence-corrected chi connectivity index (χ1v) is 11.8. The lowest BCUT2D eigenvalue weighted by molar-refractivity contribution is -0.112. The minimum absolute atomic E-state index is 0.293. The van der Waals surface area contributed by atoms with Gasteiger partial charge in [0, 0.05) is 30.5 Å². The molecule has 0 saturated heterocycles. The van der Waals surface area contributed by atoms with Crippen LogP contribution in [0.15, 0.2) is 36.4 Å². The van der Waals surface area contributed by atoms with Crippen LogP contribution in [0.5, 0.6) is 0 Å². The molecule has 0 radical (unpaired) electrons. The van der Waals surface area contributed by atoms with E-state index in [0.717, 1.165) is 41.3 Å². The zero-order valence-corrected chi connectivity index (χ0v) is 18.3. The molecule has 0 saturated carbocycles. The van der Waals surface area contributed by atoms with E-state index < -0.39 is 10.0 Å². The number of carbonyl (C=O) groups excluding carboxylic acids is 1. The number of carbonyl (C=O) groups is 1. The van der Waals surface area contributed by atoms with Gasteiger partial charge in [-0.3, -0.25) is 4.79 Å². The highest BCUT2D eigenvalue weighted by Gasteiger charge is 2.19. The third-order valence-electron chi connectivity index (χ3n) is 4.77. The van der Waals surface area contributed by atoms with Crippen molar-refractivity contribution in [3.05, 3.63) is 42.2 Å². The maximum atomic E-state index is 12.2. The molecule has 0 atom stereocenters. The largest absolute Gasteiger partial charge is 0.327 e. The number of para-hydroxylation sites is 1. The number of amides is 1. The van der Waals surface area contributed by atoms with Gasteiger partial charge >= 0.3 is 0 Å². The van der Waals surface area contributed by atoms with Gasteiger partial charge in [0.2, 0.25) is 10.0 Å². The van der Waals surface area contributed by atoms with Crippen LogP contribution in [0.1, 0.15) is 32.5 Å². The number of hydrogen-bond donors (Lipinski definition) is 2. The highest BCUT2D eigenvalue weighted by Crippen LogP contribution is 2.31. The van der Waals surface area contributed by atoms with Crippen LogP contribution in [0.4, 0.5) is 5.82 Å². The first kappa shape index (κ1) is 21.9. The van der Waals surface area contributed by atoms with Gasteiger partial charge < -0.3 is 9.88 Å². The summed E-state index contributed by atoms with van der Waals surface area (Å²) in [7, 11) is -3.18. The van der Waals surface area contributed by atoms with Crippen molar-refractivity contribution in [2.45, 2.75) is 39.7 Å². The second-order valence-corrected chi connectivity index (χ2v) is 9.15. The fourth-order valence-corrected chi connectivity index (χ4v) is 3.86. The summed E-state index contributed by atoms with van der Waals surface area (Å²) in [6, 6.07) is 7.76. The predicted octanol–water partition coefficient (Wildman–Crippen LogP) is 2.99. The molecular formula is C21H27N5O3S. The summed E-state index contributed by atoms with van der Waals surface area (Å²) in [5.74, 6) is 1.02. The molecule has 9 heteroatoms. The normalized spacial score (nSPS) is 11.8. The third-order valence-corrected chi connectivity index (χ3v) is 5.50. The molecule has 1 amide bonds. The fourth-order valence-electron chi connectivity index (χ4n) is 3.35. The summed E-state index contributed by atoms with van der Waals surface area (Å²) in [6.45, 7) is 8.46. The Labute approximate surface area is 176 Å². The molecule has 0 unspecified atom stereocenters. The second kappa shape index (κ2) is 8.93. The zero-order chi connectivity index (χ0) is 21.9. The van der Waals surface area contributed by atoms with Crippen LogP contribution in [0.3, 0.4) is 0 Å². The summed E-state index contributed by atoms with van der Waals surface area (Å²) in [5.41, 5.74) is 2.73. The van der Waals surface area contributed by atoms with Gasteiger partial charge in [0.15, 0.2) is 5.82 Å². The number of aryl methyl sites for hydroxylation is 2. The number of benzene rings is 1. The Morgan fingerprint density at radius 2 is 1.93 bits per heavy atom. The van der Waals surface area contributed by atoms with Crippen molar-refractivity contribution < 1.29 is 13.2 Å². The first-order chi connectivity index (χ1) is 14.2. The van der Waals surface area contributed by atoms with Crippen LogP contribution >= 0.6 is 0 Å². The third kappa shape index (κ3) is 4.85. The summed E-state index contributed by atoms with van der Waals surface area (Å²) < 4.78 is 27.2. The topological polar surface area (TPSA) is 106 Å². The number of nitrogens with one attached hydrogen (secondary N) is 2. The molecule has 30 heavy (non-hydrogen) atoms. The standard InChI is InChI=1S/C21H27N5O3S/c1-5-17-24-18-19(26(17)13-9-8-12-22-30(4,28)29)15-10-6-7-11-16(15)23-20(18)25-21(27)14(2)3/h6-7,10-11,22H,2,5,8-9,12-13H2,1,3-4H3,(H,23,25,27). The number of sulfonamides is 1. The van der Waals surface area contributed by atoms with Gasteiger partial charge in [0.1, 0.15) is 11.3 Å². The molecule has 2 aromatic heterocycles. The van der Waals surface area contributed by atoms with Crippen molar-refractivity contribution in [1.82, 2.24) is 19.3 Å². The summed E-state index contributed by atoms with van der Waals surface area (Å²) in [6.07, 6.45) is 3.37. The van der Waals surface area contributed by atoms with Crippen LogP contribution in [-0.4, -0.2) is 41.7 Å². The van der Waals surface area contributed by atoms with Crippen LogP contribution < -0.4 is 10.0 Å². The molecule has 2 heterocycles. The molecule has 0 aliphatic rings. The molecule has 0 aliphatic carbocycles. The number of pyridine rings is 1. The zero-order valence-electron chi connectivity index (χ0n) is 17.5. The Kier molecular flexibility index (Phi) is 6.52. The predicted molar refractivity (Wildman–Crippen MR) is 120 cm³/mol. The van der Waals surface area contributed by atoms with E-state index in [-0.39, 0.29) is 5.91 Å². The Morgan fingerprint density at radius 1 is 1.20 bits per heavy atom. The summed E-state index contributed by atoms with van der Waals surface area (Å²) >= 11 is 0. The number of aromatic nitrogens is 3. The Hall–Kier alpha value is -2.78. The van der Waals surface area contributed by atoms with Crippen LogP contribution in [0.2, 0.25) is 0 Å². The molecule has 160 valence electrons. The molecular weight excluding hydrogens is 402 g/mol.